The van der Waals surface area contributed by atoms with Gasteiger partial charge in [-0.1, -0.05) is 11.6 Å². The van der Waals surface area contributed by atoms with Crippen molar-refractivity contribution in [2.24, 2.45) is 0 Å². The second kappa shape index (κ2) is 5.98. The van der Waals surface area contributed by atoms with Gasteiger partial charge in [0.25, 0.3) is 0 Å². The zero-order valence-electron chi connectivity index (χ0n) is 11.2. The third-order valence-corrected chi connectivity index (χ3v) is 4.88. The van der Waals surface area contributed by atoms with Crippen LogP contribution in [0.1, 0.15) is 18.6 Å². The van der Waals surface area contributed by atoms with Crippen LogP contribution in [0.4, 0.5) is 0 Å². The predicted molar refractivity (Wildman–Crippen MR) is 73.8 cm³/mol. The van der Waals surface area contributed by atoms with Gasteiger partial charge in [-0.15, -0.1) is 0 Å². The molecular weight excluding hydrogens is 292 g/mol. The van der Waals surface area contributed by atoms with Crippen LogP contribution < -0.4 is 9.47 Å². The highest BCUT2D eigenvalue weighted by Gasteiger charge is 2.28. The van der Waals surface area contributed by atoms with Crippen molar-refractivity contribution in [1.82, 2.24) is 0 Å². The second-order valence-electron chi connectivity index (χ2n) is 4.21. The number of aliphatic hydroxyl groups is 1. The Bertz CT molecular complexity index is 555. The Hall–Kier alpha value is -0.980. The maximum Gasteiger partial charge on any atom is 0.162 e. The third-order valence-electron chi connectivity index (χ3n) is 2.94. The molecule has 2 unspecified atom stereocenters. The molecule has 5 nitrogen and oxygen atoms in total. The summed E-state index contributed by atoms with van der Waals surface area (Å²) in [5.74, 6) is 0.789. The van der Waals surface area contributed by atoms with Gasteiger partial charge >= 0.3 is 0 Å². The van der Waals surface area contributed by atoms with Gasteiger partial charge in [0.15, 0.2) is 21.3 Å². The molecule has 0 radical (unpaired) electrons. The molecule has 1 aromatic rings. The van der Waals surface area contributed by atoms with E-state index in [1.807, 2.05) is 0 Å². The first-order valence-electron chi connectivity index (χ1n) is 5.50. The molecule has 0 saturated heterocycles. The van der Waals surface area contributed by atoms with Gasteiger partial charge in [0.1, 0.15) is 0 Å². The summed E-state index contributed by atoms with van der Waals surface area (Å²) in [7, 11) is -0.475. The Kier molecular flexibility index (Phi) is 5.06. The van der Waals surface area contributed by atoms with Crippen molar-refractivity contribution in [1.29, 1.82) is 0 Å². The van der Waals surface area contributed by atoms with E-state index >= 15 is 0 Å². The summed E-state index contributed by atoms with van der Waals surface area (Å²) < 4.78 is 33.1. The fourth-order valence-electron chi connectivity index (χ4n) is 1.58. The minimum absolute atomic E-state index is 0.223. The van der Waals surface area contributed by atoms with E-state index in [4.69, 9.17) is 21.1 Å². The molecule has 0 spiro atoms. The number of hydrogen-bond donors (Lipinski definition) is 1. The fourth-order valence-corrected chi connectivity index (χ4v) is 2.46. The monoisotopic (exact) mass is 308 g/mol. The Balaban J connectivity index is 3.28. The topological polar surface area (TPSA) is 72.8 Å². The molecule has 1 rings (SSSR count). The molecule has 0 amide bonds. The number of hydrogen-bond acceptors (Lipinski definition) is 5. The SMILES string of the molecule is COc1cc(Cl)c(C(O)C(C)S(C)(=O)=O)cc1OC. The number of ether oxygens (including phenoxy) is 2. The summed E-state index contributed by atoms with van der Waals surface area (Å²) in [4.78, 5) is 0. The number of rotatable bonds is 5. The first-order chi connectivity index (χ1) is 8.72. The highest BCUT2D eigenvalue weighted by atomic mass is 35.5. The van der Waals surface area contributed by atoms with Gasteiger partial charge in [0.05, 0.1) is 30.6 Å². The van der Waals surface area contributed by atoms with Crippen LogP contribution in [-0.2, 0) is 9.84 Å². The second-order valence-corrected chi connectivity index (χ2v) is 7.02. The van der Waals surface area contributed by atoms with Gasteiger partial charge in [0, 0.05) is 17.9 Å². The largest absolute Gasteiger partial charge is 0.493 e. The van der Waals surface area contributed by atoms with Gasteiger partial charge < -0.3 is 14.6 Å². The van der Waals surface area contributed by atoms with Crippen molar-refractivity contribution in [2.45, 2.75) is 18.3 Å². The zero-order chi connectivity index (χ0) is 14.8. The average molecular weight is 309 g/mol. The number of halogens is 1. The van der Waals surface area contributed by atoms with Gasteiger partial charge in [-0.25, -0.2) is 8.42 Å². The van der Waals surface area contributed by atoms with E-state index in [0.717, 1.165) is 6.26 Å². The summed E-state index contributed by atoms with van der Waals surface area (Å²) in [5.41, 5.74) is 0.289. The highest BCUT2D eigenvalue weighted by Crippen LogP contribution is 2.37. The van der Waals surface area contributed by atoms with Crippen LogP contribution in [0.5, 0.6) is 11.5 Å². The number of methoxy groups -OCH3 is 2. The van der Waals surface area contributed by atoms with Crippen LogP contribution >= 0.6 is 11.6 Å². The van der Waals surface area contributed by atoms with Gasteiger partial charge in [-0.2, -0.15) is 0 Å². The van der Waals surface area contributed by atoms with Gasteiger partial charge in [-0.3, -0.25) is 0 Å². The molecule has 0 aliphatic rings. The summed E-state index contributed by atoms with van der Waals surface area (Å²) in [6.07, 6.45) is -0.169. The molecule has 0 aromatic heterocycles. The molecule has 0 bridgehead atoms. The summed E-state index contributed by atoms with van der Waals surface area (Å²) >= 11 is 6.04. The molecule has 7 heteroatoms. The molecule has 0 saturated carbocycles. The van der Waals surface area contributed by atoms with E-state index in [1.54, 1.807) is 0 Å². The molecule has 2 atom stereocenters. The lowest BCUT2D eigenvalue weighted by atomic mass is 10.1. The minimum atomic E-state index is -3.38. The van der Waals surface area contributed by atoms with Crippen LogP contribution in [0.3, 0.4) is 0 Å². The van der Waals surface area contributed by atoms with Crippen LogP contribution in [0.15, 0.2) is 12.1 Å². The van der Waals surface area contributed by atoms with Gasteiger partial charge in [0.2, 0.25) is 0 Å². The third kappa shape index (κ3) is 3.52. The van der Waals surface area contributed by atoms with E-state index in [0.29, 0.717) is 11.5 Å². The molecule has 0 aliphatic heterocycles. The van der Waals surface area contributed by atoms with Crippen LogP contribution in [0.25, 0.3) is 0 Å². The summed E-state index contributed by atoms with van der Waals surface area (Å²) in [5, 5.41) is 9.38. The summed E-state index contributed by atoms with van der Waals surface area (Å²) in [6, 6.07) is 2.96. The normalized spacial score (nSPS) is 14.8. The first kappa shape index (κ1) is 16.1. The molecule has 0 fully saturated rings. The predicted octanol–water partition coefficient (Wildman–Crippen LogP) is 1.82. The van der Waals surface area contributed by atoms with Crippen molar-refractivity contribution < 1.29 is 23.0 Å². The lowest BCUT2D eigenvalue weighted by molar-refractivity contribution is 0.175. The lowest BCUT2D eigenvalue weighted by Gasteiger charge is -2.20. The minimum Gasteiger partial charge on any atom is -0.493 e. The highest BCUT2D eigenvalue weighted by molar-refractivity contribution is 7.91. The van der Waals surface area contributed by atoms with Crippen molar-refractivity contribution >= 4 is 21.4 Å². The van der Waals surface area contributed by atoms with Crippen molar-refractivity contribution in [3.05, 3.63) is 22.7 Å². The summed E-state index contributed by atoms with van der Waals surface area (Å²) in [6.45, 7) is 1.42. The molecule has 0 heterocycles. The first-order valence-corrected chi connectivity index (χ1v) is 7.84. The lowest BCUT2D eigenvalue weighted by Crippen LogP contribution is -2.24. The molecule has 1 aromatic carbocycles. The molecule has 0 aliphatic carbocycles. The maximum atomic E-state index is 11.5. The Morgan fingerprint density at radius 1 is 1.21 bits per heavy atom. The number of aliphatic hydroxyl groups excluding tert-OH is 1. The van der Waals surface area contributed by atoms with E-state index < -0.39 is 21.2 Å². The zero-order valence-corrected chi connectivity index (χ0v) is 12.7. The molecule has 108 valence electrons. The maximum absolute atomic E-state index is 11.5. The quantitative estimate of drug-likeness (QED) is 0.898. The molecule has 19 heavy (non-hydrogen) atoms. The van der Waals surface area contributed by atoms with Gasteiger partial charge in [-0.05, 0) is 13.0 Å². The molecule has 1 N–H and O–H groups in total. The van der Waals surface area contributed by atoms with Crippen LogP contribution in [0, 0.1) is 0 Å². The fraction of sp³-hybridized carbons (Fsp3) is 0.500. The standard InChI is InChI=1S/C12H17ClO5S/c1-7(19(4,15)16)12(14)8-5-10(17-2)11(18-3)6-9(8)13/h5-7,12,14H,1-4H3. The van der Waals surface area contributed by atoms with Crippen molar-refractivity contribution in [3.63, 3.8) is 0 Å². The van der Waals surface area contributed by atoms with E-state index in [-0.39, 0.29) is 10.6 Å². The Morgan fingerprint density at radius 3 is 2.11 bits per heavy atom. The van der Waals surface area contributed by atoms with E-state index in [1.165, 1.54) is 33.3 Å². The Labute approximate surface area is 118 Å². The van der Waals surface area contributed by atoms with Crippen LogP contribution in [-0.4, -0.2) is 39.2 Å². The smallest absolute Gasteiger partial charge is 0.162 e. The average Bonchev–Trinajstić information content (AvgIpc) is 2.35. The van der Waals surface area contributed by atoms with E-state index in [2.05, 4.69) is 0 Å². The van der Waals surface area contributed by atoms with Crippen LogP contribution in [0.2, 0.25) is 5.02 Å². The van der Waals surface area contributed by atoms with E-state index in [9.17, 15) is 13.5 Å². The van der Waals surface area contributed by atoms with Crippen molar-refractivity contribution in [2.75, 3.05) is 20.5 Å². The Morgan fingerprint density at radius 2 is 1.68 bits per heavy atom. The number of sulfone groups is 1. The van der Waals surface area contributed by atoms with Crippen molar-refractivity contribution in [3.8, 4) is 11.5 Å². The molecular formula is C12H17ClO5S. The number of benzene rings is 1.